The van der Waals surface area contributed by atoms with Crippen molar-refractivity contribution in [3.05, 3.63) is 5.51 Å². The van der Waals surface area contributed by atoms with Gasteiger partial charge in [-0.3, -0.25) is 4.79 Å². The second-order valence-electron chi connectivity index (χ2n) is 3.51. The molecular weight excluding hydrogens is 246 g/mol. The summed E-state index contributed by atoms with van der Waals surface area (Å²) in [5, 5.41) is 7.61. The number of nitrogens with zero attached hydrogens (tertiary/aromatic N) is 3. The van der Waals surface area contributed by atoms with Crippen molar-refractivity contribution in [1.29, 1.82) is 0 Å². The predicted octanol–water partition coefficient (Wildman–Crippen LogP) is 0.877. The number of rotatable bonds is 3. The van der Waals surface area contributed by atoms with Crippen LogP contribution >= 0.6 is 23.1 Å². The summed E-state index contributed by atoms with van der Waals surface area (Å²) in [5.41, 5.74) is 1.67. The van der Waals surface area contributed by atoms with E-state index in [1.807, 2.05) is 11.8 Å². The summed E-state index contributed by atoms with van der Waals surface area (Å²) in [6.07, 6.45) is 0.143. The molecule has 0 radical (unpaired) electrons. The standard InChI is InChI=1S/C9H13N3O2S2/c1-7-4-12(2-3-14-7)8(13)5-15-9-11-10-6-16-9/h6-7H,2-5H2,1H3/t7-/m1/s1. The van der Waals surface area contributed by atoms with Crippen LogP contribution in [-0.4, -0.2) is 52.6 Å². The first-order valence-electron chi connectivity index (χ1n) is 5.04. The number of hydrogen-bond donors (Lipinski definition) is 0. The summed E-state index contributed by atoms with van der Waals surface area (Å²) < 4.78 is 6.23. The van der Waals surface area contributed by atoms with Crippen LogP contribution in [0.4, 0.5) is 0 Å². The molecule has 0 aromatic carbocycles. The average molecular weight is 259 g/mol. The van der Waals surface area contributed by atoms with Crippen LogP contribution in [0.2, 0.25) is 0 Å². The highest BCUT2D eigenvalue weighted by Gasteiger charge is 2.21. The Bertz CT molecular complexity index is 345. The first-order valence-corrected chi connectivity index (χ1v) is 6.90. The maximum absolute atomic E-state index is 11.8. The maximum Gasteiger partial charge on any atom is 0.233 e. The lowest BCUT2D eigenvalue weighted by molar-refractivity contribution is -0.135. The van der Waals surface area contributed by atoms with Crippen molar-refractivity contribution in [3.63, 3.8) is 0 Å². The molecule has 1 aromatic heterocycles. The predicted molar refractivity (Wildman–Crippen MR) is 62.6 cm³/mol. The molecule has 2 heterocycles. The summed E-state index contributed by atoms with van der Waals surface area (Å²) in [7, 11) is 0. The van der Waals surface area contributed by atoms with Crippen LogP contribution < -0.4 is 0 Å². The van der Waals surface area contributed by atoms with Gasteiger partial charge in [0.1, 0.15) is 5.51 Å². The van der Waals surface area contributed by atoms with E-state index in [4.69, 9.17) is 4.74 Å². The van der Waals surface area contributed by atoms with Gasteiger partial charge in [-0.15, -0.1) is 10.2 Å². The van der Waals surface area contributed by atoms with Gasteiger partial charge in [-0.05, 0) is 6.92 Å². The van der Waals surface area contributed by atoms with Crippen LogP contribution in [0.1, 0.15) is 6.92 Å². The maximum atomic E-state index is 11.8. The smallest absolute Gasteiger partial charge is 0.233 e. The van der Waals surface area contributed by atoms with E-state index in [1.54, 1.807) is 5.51 Å². The van der Waals surface area contributed by atoms with Crippen molar-refractivity contribution in [1.82, 2.24) is 15.1 Å². The minimum Gasteiger partial charge on any atom is -0.375 e. The molecule has 1 amide bonds. The topological polar surface area (TPSA) is 55.3 Å². The summed E-state index contributed by atoms with van der Waals surface area (Å²) in [4.78, 5) is 13.7. The first-order chi connectivity index (χ1) is 7.75. The third-order valence-electron chi connectivity index (χ3n) is 2.25. The Morgan fingerprint density at radius 1 is 1.81 bits per heavy atom. The Kier molecular flexibility index (Phi) is 4.14. The Morgan fingerprint density at radius 2 is 2.69 bits per heavy atom. The van der Waals surface area contributed by atoms with Gasteiger partial charge in [0.15, 0.2) is 4.34 Å². The van der Waals surface area contributed by atoms with E-state index in [0.717, 1.165) is 4.34 Å². The van der Waals surface area contributed by atoms with Crippen molar-refractivity contribution in [2.45, 2.75) is 17.4 Å². The van der Waals surface area contributed by atoms with Gasteiger partial charge in [0.2, 0.25) is 5.91 Å². The minimum atomic E-state index is 0.143. The van der Waals surface area contributed by atoms with Crippen molar-refractivity contribution >= 4 is 29.0 Å². The number of amides is 1. The van der Waals surface area contributed by atoms with Crippen molar-refractivity contribution < 1.29 is 9.53 Å². The number of morpholine rings is 1. The normalized spacial score (nSPS) is 21.1. The lowest BCUT2D eigenvalue weighted by Gasteiger charge is -2.31. The van der Waals surface area contributed by atoms with Crippen LogP contribution in [0.5, 0.6) is 0 Å². The van der Waals surface area contributed by atoms with Crippen molar-refractivity contribution in [2.75, 3.05) is 25.4 Å². The van der Waals surface area contributed by atoms with E-state index in [9.17, 15) is 4.79 Å². The zero-order chi connectivity index (χ0) is 11.4. The first kappa shape index (κ1) is 11.8. The molecule has 88 valence electrons. The molecule has 0 saturated carbocycles. The Labute approximate surface area is 102 Å². The summed E-state index contributed by atoms with van der Waals surface area (Å²) in [5.74, 6) is 0.581. The molecule has 1 atom stereocenters. The van der Waals surface area contributed by atoms with E-state index >= 15 is 0 Å². The van der Waals surface area contributed by atoms with Gasteiger partial charge in [-0.25, -0.2) is 0 Å². The van der Waals surface area contributed by atoms with Gasteiger partial charge in [-0.2, -0.15) is 0 Å². The van der Waals surface area contributed by atoms with Gasteiger partial charge in [-0.1, -0.05) is 23.1 Å². The molecule has 1 saturated heterocycles. The quantitative estimate of drug-likeness (QED) is 0.754. The van der Waals surface area contributed by atoms with Gasteiger partial charge < -0.3 is 9.64 Å². The van der Waals surface area contributed by atoms with E-state index in [-0.39, 0.29) is 12.0 Å². The van der Waals surface area contributed by atoms with E-state index in [1.165, 1.54) is 23.1 Å². The van der Waals surface area contributed by atoms with Gasteiger partial charge in [0.25, 0.3) is 0 Å². The molecule has 0 N–H and O–H groups in total. The molecule has 0 bridgehead atoms. The molecule has 7 heteroatoms. The molecule has 1 aromatic rings. The van der Waals surface area contributed by atoms with Crippen molar-refractivity contribution in [3.8, 4) is 0 Å². The third-order valence-corrected chi connectivity index (χ3v) is 4.10. The Morgan fingerprint density at radius 3 is 3.38 bits per heavy atom. The molecule has 0 spiro atoms. The minimum absolute atomic E-state index is 0.143. The zero-order valence-electron chi connectivity index (χ0n) is 8.96. The number of thioether (sulfide) groups is 1. The lowest BCUT2D eigenvalue weighted by atomic mass is 10.3. The summed E-state index contributed by atoms with van der Waals surface area (Å²) in [6.45, 7) is 4.00. The highest BCUT2D eigenvalue weighted by molar-refractivity contribution is 8.01. The van der Waals surface area contributed by atoms with Crippen LogP contribution in [-0.2, 0) is 9.53 Å². The second kappa shape index (κ2) is 5.60. The lowest BCUT2D eigenvalue weighted by Crippen LogP contribution is -2.45. The Hall–Kier alpha value is -0.660. The third kappa shape index (κ3) is 3.16. The largest absolute Gasteiger partial charge is 0.375 e. The van der Waals surface area contributed by atoms with Crippen molar-refractivity contribution in [2.24, 2.45) is 0 Å². The summed E-state index contributed by atoms with van der Waals surface area (Å²) >= 11 is 2.90. The molecule has 5 nitrogen and oxygen atoms in total. The van der Waals surface area contributed by atoms with Crippen LogP contribution in [0.3, 0.4) is 0 Å². The molecular formula is C9H13N3O2S2. The molecule has 1 fully saturated rings. The van der Waals surface area contributed by atoms with Crippen LogP contribution in [0.25, 0.3) is 0 Å². The van der Waals surface area contributed by atoms with Gasteiger partial charge in [0, 0.05) is 13.1 Å². The zero-order valence-corrected chi connectivity index (χ0v) is 10.6. The number of aromatic nitrogens is 2. The highest BCUT2D eigenvalue weighted by Crippen LogP contribution is 2.19. The fraction of sp³-hybridized carbons (Fsp3) is 0.667. The number of ether oxygens (including phenoxy) is 1. The van der Waals surface area contributed by atoms with Crippen LogP contribution in [0.15, 0.2) is 9.85 Å². The molecule has 1 aliphatic rings. The van der Waals surface area contributed by atoms with E-state index in [2.05, 4.69) is 10.2 Å². The number of hydrogen-bond acceptors (Lipinski definition) is 6. The highest BCUT2D eigenvalue weighted by atomic mass is 32.2. The molecule has 16 heavy (non-hydrogen) atoms. The molecule has 1 aliphatic heterocycles. The number of carbonyl (C=O) groups is 1. The fourth-order valence-corrected chi connectivity index (χ4v) is 2.88. The summed E-state index contributed by atoms with van der Waals surface area (Å²) in [6, 6.07) is 0. The van der Waals surface area contributed by atoms with E-state index in [0.29, 0.717) is 25.4 Å². The monoisotopic (exact) mass is 259 g/mol. The number of carbonyl (C=O) groups excluding carboxylic acids is 1. The van der Waals surface area contributed by atoms with E-state index < -0.39 is 0 Å². The SMILES string of the molecule is C[C@@H]1CN(C(=O)CSc2nncs2)CCO1. The van der Waals surface area contributed by atoms with Gasteiger partial charge in [0.05, 0.1) is 18.5 Å². The molecule has 0 unspecified atom stereocenters. The fourth-order valence-electron chi connectivity index (χ4n) is 1.49. The average Bonchev–Trinajstić information content (AvgIpc) is 2.78. The second-order valence-corrected chi connectivity index (χ2v) is 5.57. The molecule has 2 rings (SSSR count). The van der Waals surface area contributed by atoms with Crippen LogP contribution in [0, 0.1) is 0 Å². The Balaban J connectivity index is 1.79. The molecule has 0 aliphatic carbocycles. The van der Waals surface area contributed by atoms with Gasteiger partial charge >= 0.3 is 0 Å².